The van der Waals surface area contributed by atoms with Gasteiger partial charge in [-0.2, -0.15) is 4.98 Å². The molecule has 0 spiro atoms. The van der Waals surface area contributed by atoms with E-state index in [2.05, 4.69) is 9.97 Å². The van der Waals surface area contributed by atoms with Crippen molar-refractivity contribution in [3.63, 3.8) is 0 Å². The fraction of sp³-hybridized carbons (Fsp3) is 0.667. The summed E-state index contributed by atoms with van der Waals surface area (Å²) in [4.78, 5) is 32.5. The van der Waals surface area contributed by atoms with Crippen LogP contribution in [0.5, 0.6) is 5.88 Å². The van der Waals surface area contributed by atoms with Gasteiger partial charge in [0.15, 0.2) is 5.16 Å². The topological polar surface area (TPSA) is 86.3 Å². The Balaban J connectivity index is 1.98. The summed E-state index contributed by atoms with van der Waals surface area (Å²) in [6.07, 6.45) is 3.76. The van der Waals surface area contributed by atoms with E-state index in [1.807, 2.05) is 18.7 Å². The van der Waals surface area contributed by atoms with E-state index in [1.165, 1.54) is 6.42 Å². The first kappa shape index (κ1) is 16.9. The van der Waals surface area contributed by atoms with E-state index in [0.29, 0.717) is 17.1 Å². The Morgan fingerprint density at radius 2 is 2.05 bits per heavy atom. The van der Waals surface area contributed by atoms with Crippen LogP contribution in [0.1, 0.15) is 38.7 Å². The van der Waals surface area contributed by atoms with E-state index < -0.39 is 0 Å². The molecule has 1 amide bonds. The fourth-order valence-corrected chi connectivity index (χ4v) is 3.25. The summed E-state index contributed by atoms with van der Waals surface area (Å²) in [7, 11) is 0. The lowest BCUT2D eigenvalue weighted by Gasteiger charge is -2.26. The molecule has 1 fully saturated rings. The largest absolute Gasteiger partial charge is 0.493 e. The van der Waals surface area contributed by atoms with Crippen LogP contribution in [0.2, 0.25) is 0 Å². The molecule has 1 aromatic heterocycles. The van der Waals surface area contributed by atoms with Gasteiger partial charge in [0.05, 0.1) is 11.3 Å². The third-order valence-corrected chi connectivity index (χ3v) is 4.48. The highest BCUT2D eigenvalue weighted by atomic mass is 32.2. The summed E-state index contributed by atoms with van der Waals surface area (Å²) in [6.45, 7) is 5.56. The molecule has 0 bridgehead atoms. The van der Waals surface area contributed by atoms with Gasteiger partial charge in [0, 0.05) is 13.1 Å². The monoisotopic (exact) mass is 325 g/mol. The first-order valence-corrected chi connectivity index (χ1v) is 8.68. The van der Waals surface area contributed by atoms with Gasteiger partial charge >= 0.3 is 0 Å². The summed E-state index contributed by atoms with van der Waals surface area (Å²) >= 11 is 1.16. The Morgan fingerprint density at radius 1 is 1.36 bits per heavy atom. The highest BCUT2D eigenvalue weighted by molar-refractivity contribution is 7.99. The zero-order valence-electron chi connectivity index (χ0n) is 13.1. The molecular formula is C15H23N3O3S. The lowest BCUT2D eigenvalue weighted by molar-refractivity contribution is -0.129. The van der Waals surface area contributed by atoms with Crippen LogP contribution in [0.4, 0.5) is 0 Å². The molecule has 1 aromatic rings. The van der Waals surface area contributed by atoms with Gasteiger partial charge in [-0.15, -0.1) is 0 Å². The first-order chi connectivity index (χ1) is 10.5. The van der Waals surface area contributed by atoms with Crippen LogP contribution >= 0.6 is 11.8 Å². The van der Waals surface area contributed by atoms with E-state index in [1.54, 1.807) is 0 Å². The van der Waals surface area contributed by atoms with Gasteiger partial charge in [0.25, 0.3) is 5.56 Å². The predicted octanol–water partition coefficient (Wildman–Crippen LogP) is 1.78. The number of rotatable bonds is 5. The number of aromatic hydroxyl groups is 1. The molecule has 1 aliphatic rings. The number of carbonyl (C=O) groups is 1. The number of thioether (sulfide) groups is 1. The van der Waals surface area contributed by atoms with Crippen molar-refractivity contribution in [1.29, 1.82) is 0 Å². The molecule has 2 N–H and O–H groups in total. The van der Waals surface area contributed by atoms with Gasteiger partial charge in [0.2, 0.25) is 11.8 Å². The highest BCUT2D eigenvalue weighted by Gasteiger charge is 2.18. The Bertz CT molecular complexity index is 580. The average molecular weight is 325 g/mol. The summed E-state index contributed by atoms with van der Waals surface area (Å²) in [5, 5.41) is 10.2. The molecule has 1 aliphatic heterocycles. The molecule has 2 rings (SSSR count). The van der Waals surface area contributed by atoms with Gasteiger partial charge in [-0.25, -0.2) is 0 Å². The Kier molecular flexibility index (Phi) is 5.88. The van der Waals surface area contributed by atoms with Crippen molar-refractivity contribution in [3.05, 3.63) is 15.9 Å². The Labute approximate surface area is 134 Å². The molecule has 122 valence electrons. The van der Waals surface area contributed by atoms with Crippen molar-refractivity contribution in [2.24, 2.45) is 5.92 Å². The van der Waals surface area contributed by atoms with Crippen LogP contribution < -0.4 is 5.56 Å². The number of likely N-dealkylation sites (tertiary alicyclic amines) is 1. The molecular weight excluding hydrogens is 302 g/mol. The molecule has 0 aromatic carbocycles. The van der Waals surface area contributed by atoms with Crippen LogP contribution in [-0.4, -0.2) is 44.7 Å². The smallest absolute Gasteiger partial charge is 0.258 e. The van der Waals surface area contributed by atoms with Gasteiger partial charge in [-0.05, 0) is 31.6 Å². The molecule has 0 saturated carbocycles. The number of aromatic nitrogens is 2. The molecule has 7 heteroatoms. The van der Waals surface area contributed by atoms with Crippen molar-refractivity contribution in [1.82, 2.24) is 14.9 Å². The van der Waals surface area contributed by atoms with Crippen LogP contribution in [0.25, 0.3) is 0 Å². The molecule has 6 nitrogen and oxygen atoms in total. The van der Waals surface area contributed by atoms with Crippen molar-refractivity contribution in [2.75, 3.05) is 18.8 Å². The minimum Gasteiger partial charge on any atom is -0.493 e. The van der Waals surface area contributed by atoms with Gasteiger partial charge < -0.3 is 15.0 Å². The Morgan fingerprint density at radius 3 is 2.64 bits per heavy atom. The second kappa shape index (κ2) is 7.67. The first-order valence-electron chi connectivity index (χ1n) is 7.70. The molecule has 0 atom stereocenters. The van der Waals surface area contributed by atoms with Crippen LogP contribution in [0.3, 0.4) is 0 Å². The van der Waals surface area contributed by atoms with Gasteiger partial charge in [0.1, 0.15) is 0 Å². The lowest BCUT2D eigenvalue weighted by atomic mass is 10.1. The molecule has 0 unspecified atom stereocenters. The highest BCUT2D eigenvalue weighted by Crippen LogP contribution is 2.19. The molecule has 1 saturated heterocycles. The third kappa shape index (κ3) is 4.50. The number of hydrogen-bond acceptors (Lipinski definition) is 5. The van der Waals surface area contributed by atoms with Crippen molar-refractivity contribution in [2.45, 2.75) is 44.7 Å². The SMILES string of the molecule is CC(C)Cc1c(O)nc(SCC(=O)N2CCCCC2)[nH]c1=O. The van der Waals surface area contributed by atoms with Crippen molar-refractivity contribution < 1.29 is 9.90 Å². The third-order valence-electron chi connectivity index (χ3n) is 3.63. The van der Waals surface area contributed by atoms with Crippen LogP contribution in [0.15, 0.2) is 9.95 Å². The van der Waals surface area contributed by atoms with Crippen LogP contribution in [-0.2, 0) is 11.2 Å². The number of nitrogens with zero attached hydrogens (tertiary/aromatic N) is 2. The van der Waals surface area contributed by atoms with Crippen LogP contribution in [0, 0.1) is 5.92 Å². The Hall–Kier alpha value is -1.50. The summed E-state index contributed by atoms with van der Waals surface area (Å²) in [5.74, 6) is 0.308. The minimum atomic E-state index is -0.325. The number of aromatic amines is 1. The number of H-pyrrole nitrogens is 1. The number of nitrogens with one attached hydrogen (secondary N) is 1. The molecule has 0 radical (unpaired) electrons. The van der Waals surface area contributed by atoms with E-state index in [4.69, 9.17) is 0 Å². The number of carbonyl (C=O) groups excluding carboxylic acids is 1. The predicted molar refractivity (Wildman–Crippen MR) is 86.2 cm³/mol. The second-order valence-corrected chi connectivity index (χ2v) is 6.97. The van der Waals surface area contributed by atoms with Gasteiger partial charge in [-0.1, -0.05) is 25.6 Å². The van der Waals surface area contributed by atoms with Crippen molar-refractivity contribution in [3.8, 4) is 5.88 Å². The van der Waals surface area contributed by atoms with E-state index in [0.717, 1.165) is 37.7 Å². The maximum atomic E-state index is 12.1. The summed E-state index contributed by atoms with van der Waals surface area (Å²) in [5.41, 5.74) is -0.0178. The minimum absolute atomic E-state index is 0.0538. The molecule has 2 heterocycles. The van der Waals surface area contributed by atoms with E-state index in [-0.39, 0.29) is 29.0 Å². The zero-order chi connectivity index (χ0) is 16.1. The lowest BCUT2D eigenvalue weighted by Crippen LogP contribution is -2.36. The molecule has 0 aliphatic carbocycles. The standard InChI is InChI=1S/C15H23N3O3S/c1-10(2)8-11-13(20)16-15(17-14(11)21)22-9-12(19)18-6-4-3-5-7-18/h10H,3-9H2,1-2H3,(H2,16,17,20,21). The average Bonchev–Trinajstić information content (AvgIpc) is 2.49. The number of piperidine rings is 1. The second-order valence-electron chi connectivity index (χ2n) is 6.00. The summed E-state index contributed by atoms with van der Waals surface area (Å²) < 4.78 is 0. The summed E-state index contributed by atoms with van der Waals surface area (Å²) in [6, 6.07) is 0. The number of hydrogen-bond donors (Lipinski definition) is 2. The quantitative estimate of drug-likeness (QED) is 0.636. The zero-order valence-corrected chi connectivity index (χ0v) is 13.9. The normalized spacial score (nSPS) is 15.3. The maximum Gasteiger partial charge on any atom is 0.258 e. The maximum absolute atomic E-state index is 12.1. The van der Waals surface area contributed by atoms with E-state index in [9.17, 15) is 14.7 Å². The van der Waals surface area contributed by atoms with Gasteiger partial charge in [-0.3, -0.25) is 9.59 Å². The molecule has 22 heavy (non-hydrogen) atoms. The number of amides is 1. The van der Waals surface area contributed by atoms with Crippen molar-refractivity contribution >= 4 is 17.7 Å². The van der Waals surface area contributed by atoms with E-state index >= 15 is 0 Å². The fourth-order valence-electron chi connectivity index (χ4n) is 2.49.